The van der Waals surface area contributed by atoms with Crippen LogP contribution in [0.3, 0.4) is 0 Å². The molecular weight excluding hydrogens is 426 g/mol. The summed E-state index contributed by atoms with van der Waals surface area (Å²) in [5, 5.41) is 3.13. The maximum atomic E-state index is 13.4. The zero-order valence-electron chi connectivity index (χ0n) is 18.8. The molecule has 0 unspecified atom stereocenters. The summed E-state index contributed by atoms with van der Waals surface area (Å²) in [7, 11) is -3.69. The van der Waals surface area contributed by atoms with Gasteiger partial charge in [0.25, 0.3) is 0 Å². The van der Waals surface area contributed by atoms with E-state index in [9.17, 15) is 18.0 Å². The van der Waals surface area contributed by atoms with Gasteiger partial charge < -0.3 is 10.2 Å². The van der Waals surface area contributed by atoms with Crippen LogP contribution >= 0.6 is 0 Å². The summed E-state index contributed by atoms with van der Waals surface area (Å²) < 4.78 is 28.3. The molecule has 2 aliphatic carbocycles. The molecule has 7 nitrogen and oxygen atoms in total. The van der Waals surface area contributed by atoms with Gasteiger partial charge >= 0.3 is 0 Å². The summed E-state index contributed by atoms with van der Waals surface area (Å²) in [6.45, 7) is 2.70. The Kier molecular flexibility index (Phi) is 5.78. The van der Waals surface area contributed by atoms with E-state index in [1.54, 1.807) is 18.2 Å². The number of anilines is 1. The Morgan fingerprint density at radius 3 is 2.47 bits per heavy atom. The highest BCUT2D eigenvalue weighted by Crippen LogP contribution is 2.40. The van der Waals surface area contributed by atoms with Gasteiger partial charge in [-0.1, -0.05) is 12.8 Å². The van der Waals surface area contributed by atoms with Gasteiger partial charge in [0.05, 0.1) is 10.8 Å². The van der Waals surface area contributed by atoms with Crippen molar-refractivity contribution in [2.45, 2.75) is 81.7 Å². The number of carbonyl (C=O) groups is 2. The Labute approximate surface area is 190 Å². The number of hydrogen-bond donors (Lipinski definition) is 1. The second kappa shape index (κ2) is 8.45. The molecule has 3 fully saturated rings. The Bertz CT molecular complexity index is 1010. The van der Waals surface area contributed by atoms with Crippen molar-refractivity contribution in [3.8, 4) is 0 Å². The summed E-state index contributed by atoms with van der Waals surface area (Å²) in [4.78, 5) is 27.6. The van der Waals surface area contributed by atoms with Crippen LogP contribution in [0.25, 0.3) is 0 Å². The number of rotatable bonds is 5. The van der Waals surface area contributed by atoms with Crippen LogP contribution in [-0.2, 0) is 26.0 Å². The monoisotopic (exact) mass is 459 g/mol. The quantitative estimate of drug-likeness (QED) is 0.734. The van der Waals surface area contributed by atoms with Gasteiger partial charge in [-0.3, -0.25) is 9.59 Å². The van der Waals surface area contributed by atoms with E-state index in [-0.39, 0.29) is 47.2 Å². The van der Waals surface area contributed by atoms with Gasteiger partial charge in [-0.05, 0) is 75.6 Å². The third-order valence-electron chi connectivity index (χ3n) is 7.52. The standard InChI is InChI=1S/C24H33N3O4S/c1-16-13-19-14-21(10-11-22(19)27(16)24(29)17-8-9-17)32(30,31)26-12-4-5-18(15-26)23(28)25-20-6-2-3-7-20/h10-11,14,16-18,20H,2-9,12-13,15H2,1H3,(H,25,28)/t16-,18-/m1/s1. The molecule has 1 N–H and O–H groups in total. The predicted molar refractivity (Wildman–Crippen MR) is 122 cm³/mol. The predicted octanol–water partition coefficient (Wildman–Crippen LogP) is 2.83. The summed E-state index contributed by atoms with van der Waals surface area (Å²) in [5.41, 5.74) is 1.76. The van der Waals surface area contributed by atoms with E-state index in [0.717, 1.165) is 56.2 Å². The Morgan fingerprint density at radius 2 is 1.75 bits per heavy atom. The fourth-order valence-corrected chi connectivity index (χ4v) is 7.12. The fourth-order valence-electron chi connectivity index (χ4n) is 5.54. The summed E-state index contributed by atoms with van der Waals surface area (Å²) in [6.07, 6.45) is 8.33. The van der Waals surface area contributed by atoms with Gasteiger partial charge in [0.2, 0.25) is 21.8 Å². The van der Waals surface area contributed by atoms with Crippen molar-refractivity contribution in [3.63, 3.8) is 0 Å². The molecule has 0 aromatic heterocycles. The molecule has 0 radical (unpaired) electrons. The third-order valence-corrected chi connectivity index (χ3v) is 9.39. The number of benzene rings is 1. The smallest absolute Gasteiger partial charge is 0.243 e. The van der Waals surface area contributed by atoms with Crippen molar-refractivity contribution in [1.82, 2.24) is 9.62 Å². The molecule has 2 saturated carbocycles. The van der Waals surface area contributed by atoms with Crippen LogP contribution in [0.2, 0.25) is 0 Å². The topological polar surface area (TPSA) is 86.8 Å². The lowest BCUT2D eigenvalue weighted by atomic mass is 9.98. The van der Waals surface area contributed by atoms with Gasteiger partial charge in [0.15, 0.2) is 0 Å². The SMILES string of the molecule is C[C@@H]1Cc2cc(S(=O)(=O)N3CCC[C@@H](C(=O)NC4CCCC4)C3)ccc2N1C(=O)C1CC1. The molecule has 174 valence electrons. The number of nitrogens with one attached hydrogen (secondary N) is 1. The minimum atomic E-state index is -3.69. The van der Waals surface area contributed by atoms with Crippen LogP contribution in [0.5, 0.6) is 0 Å². The highest BCUT2D eigenvalue weighted by molar-refractivity contribution is 7.89. The Hall–Kier alpha value is -1.93. The molecule has 2 aliphatic heterocycles. The summed E-state index contributed by atoms with van der Waals surface area (Å²) >= 11 is 0. The lowest BCUT2D eigenvalue weighted by Crippen LogP contribution is -2.47. The molecule has 1 saturated heterocycles. The van der Waals surface area contributed by atoms with E-state index in [2.05, 4.69) is 5.32 Å². The van der Waals surface area contributed by atoms with E-state index < -0.39 is 10.0 Å². The number of sulfonamides is 1. The van der Waals surface area contributed by atoms with Crippen molar-refractivity contribution in [2.24, 2.45) is 11.8 Å². The summed E-state index contributed by atoms with van der Waals surface area (Å²) in [6, 6.07) is 5.45. The Balaban J connectivity index is 1.31. The molecule has 1 aromatic carbocycles. The molecule has 4 aliphatic rings. The first-order valence-corrected chi connectivity index (χ1v) is 13.5. The van der Waals surface area contributed by atoms with E-state index in [4.69, 9.17) is 0 Å². The lowest BCUT2D eigenvalue weighted by Gasteiger charge is -2.32. The van der Waals surface area contributed by atoms with E-state index in [0.29, 0.717) is 19.4 Å². The van der Waals surface area contributed by atoms with Gasteiger partial charge in [-0.15, -0.1) is 0 Å². The fraction of sp³-hybridized carbons (Fsp3) is 0.667. The first-order chi connectivity index (χ1) is 15.3. The minimum absolute atomic E-state index is 0.00573. The first kappa shape index (κ1) is 21.9. The van der Waals surface area contributed by atoms with Crippen molar-refractivity contribution < 1.29 is 18.0 Å². The number of carbonyl (C=O) groups excluding carboxylic acids is 2. The van der Waals surface area contributed by atoms with Gasteiger partial charge in [-0.2, -0.15) is 4.31 Å². The lowest BCUT2D eigenvalue weighted by molar-refractivity contribution is -0.126. The van der Waals surface area contributed by atoms with Gasteiger partial charge in [0.1, 0.15) is 0 Å². The average molecular weight is 460 g/mol. The Morgan fingerprint density at radius 1 is 1.00 bits per heavy atom. The van der Waals surface area contributed by atoms with E-state index in [1.807, 2.05) is 11.8 Å². The zero-order valence-corrected chi connectivity index (χ0v) is 19.6. The maximum absolute atomic E-state index is 13.4. The van der Waals surface area contributed by atoms with Crippen molar-refractivity contribution >= 4 is 27.5 Å². The minimum Gasteiger partial charge on any atom is -0.353 e. The molecule has 32 heavy (non-hydrogen) atoms. The van der Waals surface area contributed by atoms with Gasteiger partial charge in [-0.25, -0.2) is 8.42 Å². The average Bonchev–Trinajstić information content (AvgIpc) is 3.41. The van der Waals surface area contributed by atoms with E-state index >= 15 is 0 Å². The molecule has 2 atom stereocenters. The second-order valence-electron chi connectivity index (χ2n) is 10.0. The molecule has 0 bridgehead atoms. The molecule has 2 heterocycles. The van der Waals surface area contributed by atoms with Crippen LogP contribution in [0.1, 0.15) is 63.9 Å². The van der Waals surface area contributed by atoms with Crippen LogP contribution in [0.4, 0.5) is 5.69 Å². The van der Waals surface area contributed by atoms with Gasteiger partial charge in [0, 0.05) is 36.8 Å². The van der Waals surface area contributed by atoms with Crippen LogP contribution < -0.4 is 10.2 Å². The summed E-state index contributed by atoms with van der Waals surface area (Å²) in [5.74, 6) is 0.000476. The molecule has 5 rings (SSSR count). The first-order valence-electron chi connectivity index (χ1n) is 12.1. The third kappa shape index (κ3) is 4.07. The normalized spacial score (nSPS) is 26.8. The molecule has 0 spiro atoms. The van der Waals surface area contributed by atoms with Crippen LogP contribution in [0, 0.1) is 11.8 Å². The van der Waals surface area contributed by atoms with Crippen molar-refractivity contribution in [2.75, 3.05) is 18.0 Å². The largest absolute Gasteiger partial charge is 0.353 e. The second-order valence-corrected chi connectivity index (χ2v) is 12.0. The molecular formula is C24H33N3O4S. The zero-order chi connectivity index (χ0) is 22.5. The van der Waals surface area contributed by atoms with Crippen LogP contribution in [-0.4, -0.2) is 49.7 Å². The molecule has 1 aromatic rings. The number of fused-ring (bicyclic) bond motifs is 1. The number of piperidine rings is 1. The molecule has 2 amide bonds. The highest BCUT2D eigenvalue weighted by atomic mass is 32.2. The van der Waals surface area contributed by atoms with E-state index in [1.165, 1.54) is 4.31 Å². The number of amides is 2. The number of nitrogens with zero attached hydrogens (tertiary/aromatic N) is 2. The van der Waals surface area contributed by atoms with Crippen molar-refractivity contribution in [3.05, 3.63) is 23.8 Å². The molecule has 8 heteroatoms. The highest BCUT2D eigenvalue weighted by Gasteiger charge is 2.40. The number of hydrogen-bond acceptors (Lipinski definition) is 4. The maximum Gasteiger partial charge on any atom is 0.243 e. The van der Waals surface area contributed by atoms with Crippen LogP contribution in [0.15, 0.2) is 23.1 Å². The van der Waals surface area contributed by atoms with Crippen molar-refractivity contribution in [1.29, 1.82) is 0 Å².